The molecule has 0 saturated carbocycles. The first-order valence-corrected chi connectivity index (χ1v) is 8.88. The molecular formula is C18H26N6O. The number of aryl methyl sites for hydroxylation is 1. The highest BCUT2D eigenvalue weighted by Gasteiger charge is 2.20. The molecular weight excluding hydrogens is 316 g/mol. The maximum absolute atomic E-state index is 4.98. The van der Waals surface area contributed by atoms with E-state index in [9.17, 15) is 0 Å². The van der Waals surface area contributed by atoms with E-state index in [2.05, 4.69) is 67.9 Å². The Labute approximate surface area is 148 Å². The smallest absolute Gasteiger partial charge is 0.223 e. The van der Waals surface area contributed by atoms with Crippen LogP contribution in [0.4, 0.5) is 5.69 Å². The molecule has 1 aliphatic rings. The lowest BCUT2D eigenvalue weighted by Gasteiger charge is -2.34. The van der Waals surface area contributed by atoms with E-state index in [1.54, 1.807) is 6.92 Å². The van der Waals surface area contributed by atoms with E-state index in [1.165, 1.54) is 5.69 Å². The van der Waals surface area contributed by atoms with Crippen molar-refractivity contribution in [1.29, 1.82) is 0 Å². The number of para-hydroxylation sites is 1. The van der Waals surface area contributed by atoms with Crippen molar-refractivity contribution in [3.8, 4) is 0 Å². The standard InChI is InChI=1S/C18H26N6O/c1-3-19-18(20-13-17-21-14(2)25-23-17)22-15-9-11-24(12-10-15)16-7-5-4-6-8-16/h4-8,15H,3,9-13H2,1-2H3,(H2,19,20,22). The van der Waals surface area contributed by atoms with Crippen molar-refractivity contribution in [1.82, 2.24) is 20.8 Å². The number of aliphatic imine (C=N–C) groups is 1. The van der Waals surface area contributed by atoms with Gasteiger partial charge < -0.3 is 20.1 Å². The minimum Gasteiger partial charge on any atom is -0.371 e. The van der Waals surface area contributed by atoms with E-state index >= 15 is 0 Å². The molecule has 0 spiro atoms. The normalized spacial score (nSPS) is 16.1. The lowest BCUT2D eigenvalue weighted by Crippen LogP contribution is -2.48. The molecule has 1 saturated heterocycles. The number of piperidine rings is 1. The van der Waals surface area contributed by atoms with Crippen LogP contribution < -0.4 is 15.5 Å². The summed E-state index contributed by atoms with van der Waals surface area (Å²) in [7, 11) is 0. The maximum Gasteiger partial charge on any atom is 0.223 e. The molecule has 0 amide bonds. The molecule has 0 radical (unpaired) electrons. The van der Waals surface area contributed by atoms with Gasteiger partial charge in [0.25, 0.3) is 0 Å². The van der Waals surface area contributed by atoms with Gasteiger partial charge in [-0.05, 0) is 31.9 Å². The van der Waals surface area contributed by atoms with Crippen molar-refractivity contribution in [3.05, 3.63) is 42.0 Å². The second kappa shape index (κ2) is 8.50. The van der Waals surface area contributed by atoms with E-state index in [-0.39, 0.29) is 0 Å². The average molecular weight is 342 g/mol. The monoisotopic (exact) mass is 342 g/mol. The number of hydrogen-bond acceptors (Lipinski definition) is 5. The number of hydrogen-bond donors (Lipinski definition) is 2. The molecule has 0 aliphatic carbocycles. The molecule has 1 aromatic heterocycles. The van der Waals surface area contributed by atoms with Gasteiger partial charge in [0.2, 0.25) is 5.89 Å². The highest BCUT2D eigenvalue weighted by Crippen LogP contribution is 2.19. The summed E-state index contributed by atoms with van der Waals surface area (Å²) >= 11 is 0. The van der Waals surface area contributed by atoms with Crippen molar-refractivity contribution in [3.63, 3.8) is 0 Å². The zero-order valence-corrected chi connectivity index (χ0v) is 14.9. The van der Waals surface area contributed by atoms with Crippen LogP contribution >= 0.6 is 0 Å². The second-order valence-corrected chi connectivity index (χ2v) is 6.17. The van der Waals surface area contributed by atoms with E-state index in [1.807, 2.05) is 0 Å². The minimum absolute atomic E-state index is 0.412. The van der Waals surface area contributed by atoms with Gasteiger partial charge in [-0.25, -0.2) is 4.99 Å². The zero-order valence-electron chi connectivity index (χ0n) is 14.9. The predicted octanol–water partition coefficient (Wildman–Crippen LogP) is 2.10. The summed E-state index contributed by atoms with van der Waals surface area (Å²) in [5, 5.41) is 10.7. The van der Waals surface area contributed by atoms with Crippen molar-refractivity contribution in [2.45, 2.75) is 39.3 Å². The van der Waals surface area contributed by atoms with Crippen LogP contribution in [0.25, 0.3) is 0 Å². The Morgan fingerprint density at radius 2 is 2.04 bits per heavy atom. The van der Waals surface area contributed by atoms with Gasteiger partial charge in [0.15, 0.2) is 11.8 Å². The summed E-state index contributed by atoms with van der Waals surface area (Å²) in [5.41, 5.74) is 1.30. The molecule has 1 fully saturated rings. The quantitative estimate of drug-likeness (QED) is 0.640. The minimum atomic E-state index is 0.412. The summed E-state index contributed by atoms with van der Waals surface area (Å²) in [6.07, 6.45) is 2.17. The largest absolute Gasteiger partial charge is 0.371 e. The number of guanidine groups is 1. The lowest BCUT2D eigenvalue weighted by atomic mass is 10.0. The van der Waals surface area contributed by atoms with Gasteiger partial charge in [-0.1, -0.05) is 23.4 Å². The molecule has 7 heteroatoms. The Kier molecular flexibility index (Phi) is 5.87. The fourth-order valence-corrected chi connectivity index (χ4v) is 2.99. The summed E-state index contributed by atoms with van der Waals surface area (Å²) in [6, 6.07) is 11.0. The number of anilines is 1. The first-order chi connectivity index (χ1) is 12.2. The molecule has 7 nitrogen and oxygen atoms in total. The number of nitrogens with zero attached hydrogens (tertiary/aromatic N) is 4. The summed E-state index contributed by atoms with van der Waals surface area (Å²) in [4.78, 5) is 11.2. The summed E-state index contributed by atoms with van der Waals surface area (Å²) in [6.45, 7) is 7.17. The third-order valence-corrected chi connectivity index (χ3v) is 4.25. The molecule has 2 aromatic rings. The van der Waals surface area contributed by atoms with E-state index in [0.29, 0.717) is 24.3 Å². The van der Waals surface area contributed by atoms with Crippen molar-refractivity contribution in [2.75, 3.05) is 24.5 Å². The average Bonchev–Trinajstić information content (AvgIpc) is 3.07. The van der Waals surface area contributed by atoms with Gasteiger partial charge >= 0.3 is 0 Å². The Balaban J connectivity index is 1.52. The molecule has 3 rings (SSSR count). The molecule has 0 atom stereocenters. The van der Waals surface area contributed by atoms with Gasteiger partial charge in [0.05, 0.1) is 0 Å². The molecule has 25 heavy (non-hydrogen) atoms. The van der Waals surface area contributed by atoms with Crippen LogP contribution in [0.1, 0.15) is 31.5 Å². The van der Waals surface area contributed by atoms with Crippen molar-refractivity contribution >= 4 is 11.6 Å². The van der Waals surface area contributed by atoms with Gasteiger partial charge in [-0.2, -0.15) is 4.98 Å². The van der Waals surface area contributed by atoms with Gasteiger partial charge in [-0.15, -0.1) is 0 Å². The SMILES string of the molecule is CCNC(=NCc1noc(C)n1)NC1CCN(c2ccccc2)CC1. The number of nitrogens with one attached hydrogen (secondary N) is 2. The first-order valence-electron chi connectivity index (χ1n) is 8.88. The Morgan fingerprint density at radius 3 is 2.68 bits per heavy atom. The molecule has 134 valence electrons. The van der Waals surface area contributed by atoms with E-state index in [0.717, 1.165) is 38.4 Å². The fraction of sp³-hybridized carbons (Fsp3) is 0.500. The third kappa shape index (κ3) is 4.95. The zero-order chi connectivity index (χ0) is 17.5. The number of benzene rings is 1. The Hall–Kier alpha value is -2.57. The molecule has 1 aromatic carbocycles. The van der Waals surface area contributed by atoms with Crippen LogP contribution in [0.5, 0.6) is 0 Å². The molecule has 2 N–H and O–H groups in total. The van der Waals surface area contributed by atoms with Crippen LogP contribution in [-0.2, 0) is 6.54 Å². The summed E-state index contributed by atoms with van der Waals surface area (Å²) in [5.74, 6) is 1.98. The predicted molar refractivity (Wildman–Crippen MR) is 98.7 cm³/mol. The van der Waals surface area contributed by atoms with Crippen LogP contribution in [0.3, 0.4) is 0 Å². The van der Waals surface area contributed by atoms with Crippen LogP contribution in [-0.4, -0.2) is 41.8 Å². The van der Waals surface area contributed by atoms with Crippen LogP contribution in [0, 0.1) is 6.92 Å². The highest BCUT2D eigenvalue weighted by atomic mass is 16.5. The first kappa shape index (κ1) is 17.3. The van der Waals surface area contributed by atoms with Crippen LogP contribution in [0.2, 0.25) is 0 Å². The van der Waals surface area contributed by atoms with Crippen molar-refractivity contribution in [2.24, 2.45) is 4.99 Å². The number of aromatic nitrogens is 2. The number of rotatable bonds is 5. The summed E-state index contributed by atoms with van der Waals surface area (Å²) < 4.78 is 4.98. The molecule has 0 bridgehead atoms. The van der Waals surface area contributed by atoms with Gasteiger partial charge in [0.1, 0.15) is 6.54 Å². The topological polar surface area (TPSA) is 78.6 Å². The fourth-order valence-electron chi connectivity index (χ4n) is 2.99. The van der Waals surface area contributed by atoms with E-state index in [4.69, 9.17) is 4.52 Å². The van der Waals surface area contributed by atoms with Gasteiger partial charge in [-0.3, -0.25) is 0 Å². The highest BCUT2D eigenvalue weighted by molar-refractivity contribution is 5.80. The van der Waals surface area contributed by atoms with Crippen LogP contribution in [0.15, 0.2) is 39.8 Å². The van der Waals surface area contributed by atoms with E-state index < -0.39 is 0 Å². The second-order valence-electron chi connectivity index (χ2n) is 6.17. The lowest BCUT2D eigenvalue weighted by molar-refractivity contribution is 0.387. The molecule has 0 unspecified atom stereocenters. The third-order valence-electron chi connectivity index (χ3n) is 4.25. The maximum atomic E-state index is 4.98. The molecule has 1 aliphatic heterocycles. The Bertz CT molecular complexity index is 676. The van der Waals surface area contributed by atoms with Gasteiger partial charge in [0, 0.05) is 38.3 Å². The molecule has 2 heterocycles. The Morgan fingerprint density at radius 1 is 1.28 bits per heavy atom. The van der Waals surface area contributed by atoms with Crippen molar-refractivity contribution < 1.29 is 4.52 Å².